The number of nitrogens with one attached hydrogen (secondary N) is 2. The fourth-order valence-corrected chi connectivity index (χ4v) is 6.74. The van der Waals surface area contributed by atoms with Gasteiger partial charge in [-0.1, -0.05) is 24.3 Å². The van der Waals surface area contributed by atoms with E-state index >= 15 is 0 Å². The lowest BCUT2D eigenvalue weighted by Gasteiger charge is -2.31. The normalized spacial score (nSPS) is 22.5. The van der Waals surface area contributed by atoms with Gasteiger partial charge in [-0.15, -0.1) is 0 Å². The van der Waals surface area contributed by atoms with E-state index in [0.29, 0.717) is 30.8 Å². The average molecular weight is 605 g/mol. The number of aldehydes is 1. The molecule has 3 aliphatic heterocycles. The summed E-state index contributed by atoms with van der Waals surface area (Å²) in [5, 5.41) is 5.96. The predicted molar refractivity (Wildman–Crippen MR) is 152 cm³/mol. The summed E-state index contributed by atoms with van der Waals surface area (Å²) >= 11 is 0. The van der Waals surface area contributed by atoms with Crippen molar-refractivity contribution in [1.29, 1.82) is 0 Å². The maximum Gasteiger partial charge on any atom is 0.417 e. The molecule has 1 aliphatic carbocycles. The number of pyridine rings is 2. The number of hydrogen-bond acceptors (Lipinski definition) is 8. The zero-order valence-corrected chi connectivity index (χ0v) is 23.4. The quantitative estimate of drug-likeness (QED) is 0.414. The van der Waals surface area contributed by atoms with Crippen LogP contribution < -0.4 is 10.6 Å². The third-order valence-corrected chi connectivity index (χ3v) is 9.00. The molecule has 2 N–H and O–H groups in total. The predicted octanol–water partition coefficient (Wildman–Crippen LogP) is 3.30. The number of halogens is 3. The fraction of sp³-hybridized carbons (Fsp3) is 0.355. The van der Waals surface area contributed by atoms with Crippen molar-refractivity contribution in [3.05, 3.63) is 82.7 Å². The minimum Gasteiger partial charge on any atom is -0.381 e. The molecule has 2 spiro atoms. The zero-order chi connectivity index (χ0) is 30.7. The van der Waals surface area contributed by atoms with E-state index in [1.165, 1.54) is 18.2 Å². The van der Waals surface area contributed by atoms with Crippen LogP contribution in [0.2, 0.25) is 0 Å². The lowest BCUT2D eigenvalue weighted by atomic mass is 9.79. The Labute approximate surface area is 249 Å². The summed E-state index contributed by atoms with van der Waals surface area (Å²) < 4.78 is 47.5. The molecule has 0 bridgehead atoms. The molecule has 1 saturated heterocycles. The van der Waals surface area contributed by atoms with Crippen molar-refractivity contribution < 1.29 is 32.3 Å². The highest BCUT2D eigenvalue weighted by Gasteiger charge is 2.53. The Hall–Kier alpha value is -4.65. The molecule has 1 aromatic carbocycles. The van der Waals surface area contributed by atoms with Crippen molar-refractivity contribution in [2.24, 2.45) is 4.99 Å². The van der Waals surface area contributed by atoms with Gasteiger partial charge in [0.2, 0.25) is 5.91 Å². The van der Waals surface area contributed by atoms with Gasteiger partial charge in [-0.3, -0.25) is 19.5 Å². The summed E-state index contributed by atoms with van der Waals surface area (Å²) in [6.07, 6.45) is 0.412. The summed E-state index contributed by atoms with van der Waals surface area (Å²) in [6, 6.07) is 9.22. The van der Waals surface area contributed by atoms with Crippen molar-refractivity contribution >= 4 is 35.6 Å². The molecule has 4 aliphatic rings. The molecular formula is C31H27F3N6O4. The summed E-state index contributed by atoms with van der Waals surface area (Å²) in [4.78, 5) is 53.9. The van der Waals surface area contributed by atoms with Crippen molar-refractivity contribution in [1.82, 2.24) is 14.9 Å². The molecule has 10 nitrogen and oxygen atoms in total. The molecule has 44 heavy (non-hydrogen) atoms. The number of alkyl halides is 3. The molecule has 3 aromatic rings. The van der Waals surface area contributed by atoms with Crippen LogP contribution >= 0.6 is 0 Å². The van der Waals surface area contributed by atoms with Gasteiger partial charge in [0.05, 0.1) is 11.0 Å². The van der Waals surface area contributed by atoms with Gasteiger partial charge in [0.1, 0.15) is 35.3 Å². The molecule has 2 aromatic heterocycles. The van der Waals surface area contributed by atoms with Crippen LogP contribution in [0.4, 0.5) is 24.8 Å². The molecular weight excluding hydrogens is 577 g/mol. The largest absolute Gasteiger partial charge is 0.417 e. The number of rotatable bonds is 6. The number of aliphatic imine (C=N–C) groups is 1. The van der Waals surface area contributed by atoms with Gasteiger partial charge in [0.25, 0.3) is 5.91 Å². The third kappa shape index (κ3) is 4.36. The molecule has 2 unspecified atom stereocenters. The molecule has 13 heteroatoms. The number of fused-ring (bicyclic) bond motifs is 3. The van der Waals surface area contributed by atoms with Crippen molar-refractivity contribution in [2.75, 3.05) is 30.4 Å². The van der Waals surface area contributed by atoms with Gasteiger partial charge < -0.3 is 20.2 Å². The number of hydrogen-bond donors (Lipinski definition) is 2. The second kappa shape index (κ2) is 10.2. The van der Waals surface area contributed by atoms with E-state index in [1.807, 2.05) is 6.07 Å². The van der Waals surface area contributed by atoms with Gasteiger partial charge in [0.15, 0.2) is 0 Å². The SMILES string of the molecule is O=CC(CNc1cc2c(cn1)CC1(C2)C(=O)Nc2ncccc21)N1C(=O)C2(CCOCC2)N=C1c1ccccc1C(F)(F)F. The van der Waals surface area contributed by atoms with Crippen molar-refractivity contribution in [3.63, 3.8) is 0 Å². The van der Waals surface area contributed by atoms with Crippen LogP contribution in [-0.2, 0) is 43.6 Å². The van der Waals surface area contributed by atoms with E-state index in [2.05, 4.69) is 25.6 Å². The number of carbonyl (C=O) groups excluding carboxylic acids is 3. The lowest BCUT2D eigenvalue weighted by Crippen LogP contribution is -2.52. The first-order chi connectivity index (χ1) is 21.1. The number of amides is 2. The summed E-state index contributed by atoms with van der Waals surface area (Å²) in [7, 11) is 0. The van der Waals surface area contributed by atoms with E-state index in [1.54, 1.807) is 24.5 Å². The van der Waals surface area contributed by atoms with Crippen LogP contribution in [0.3, 0.4) is 0 Å². The van der Waals surface area contributed by atoms with Crippen LogP contribution in [0.15, 0.2) is 59.9 Å². The highest BCUT2D eigenvalue weighted by atomic mass is 19.4. The van der Waals surface area contributed by atoms with E-state index in [9.17, 15) is 27.6 Å². The molecule has 1 fully saturated rings. The highest BCUT2D eigenvalue weighted by Crippen LogP contribution is 2.46. The Balaban J connectivity index is 1.16. The highest BCUT2D eigenvalue weighted by molar-refractivity contribution is 6.17. The van der Waals surface area contributed by atoms with Crippen LogP contribution in [0.5, 0.6) is 0 Å². The first-order valence-electron chi connectivity index (χ1n) is 14.3. The van der Waals surface area contributed by atoms with Gasteiger partial charge in [-0.2, -0.15) is 13.2 Å². The summed E-state index contributed by atoms with van der Waals surface area (Å²) in [6.45, 7) is 0.319. The number of nitrogens with zero attached hydrogens (tertiary/aromatic N) is 4. The smallest absolute Gasteiger partial charge is 0.381 e. The Morgan fingerprint density at radius 2 is 1.84 bits per heavy atom. The first kappa shape index (κ1) is 28.1. The number of carbonyl (C=O) groups is 3. The second-order valence-electron chi connectivity index (χ2n) is 11.5. The third-order valence-electron chi connectivity index (χ3n) is 9.00. The van der Waals surface area contributed by atoms with E-state index in [-0.39, 0.29) is 49.9 Å². The zero-order valence-electron chi connectivity index (χ0n) is 23.4. The van der Waals surface area contributed by atoms with Gasteiger partial charge >= 0.3 is 6.18 Å². The van der Waals surface area contributed by atoms with E-state index < -0.39 is 34.6 Å². The lowest BCUT2D eigenvalue weighted by molar-refractivity contribution is -0.139. The molecule has 7 rings (SSSR count). The number of ether oxygens (including phenoxy) is 1. The molecule has 5 heterocycles. The number of benzene rings is 1. The summed E-state index contributed by atoms with van der Waals surface area (Å²) in [5.74, 6) is 0.104. The van der Waals surface area contributed by atoms with Gasteiger partial charge in [-0.05, 0) is 42.2 Å². The molecule has 2 amide bonds. The fourth-order valence-electron chi connectivity index (χ4n) is 6.74. The average Bonchev–Trinajstić information content (AvgIpc) is 3.63. The Morgan fingerprint density at radius 1 is 1.07 bits per heavy atom. The monoisotopic (exact) mass is 604 g/mol. The van der Waals surface area contributed by atoms with Crippen LogP contribution in [-0.4, -0.2) is 70.1 Å². The Kier molecular flexibility index (Phi) is 6.54. The van der Waals surface area contributed by atoms with Gasteiger partial charge in [0, 0.05) is 56.1 Å². The first-order valence-corrected chi connectivity index (χ1v) is 14.3. The molecule has 0 saturated carbocycles. The maximum atomic E-state index is 14.0. The van der Waals surface area contributed by atoms with Crippen LogP contribution in [0, 0.1) is 0 Å². The molecule has 0 radical (unpaired) electrons. The molecule has 2 atom stereocenters. The number of anilines is 2. The van der Waals surface area contributed by atoms with Crippen LogP contribution in [0.25, 0.3) is 0 Å². The Morgan fingerprint density at radius 3 is 2.61 bits per heavy atom. The number of aromatic nitrogens is 2. The standard InChI is InChI=1S/C31H27F3N6O4/c32-31(33,34)22-5-2-1-4-21(22)26-39-30(7-10-44-11-8-30)28(43)40(26)20(17-41)16-37-24-12-18-13-29(14-19(18)15-36-24)23-6-3-9-35-25(23)38-27(29)42/h1-6,9,12,15,17,20H,7-8,10-11,13-14,16H2,(H,36,37)(H,35,38,42). The Bertz CT molecular complexity index is 1720. The van der Waals surface area contributed by atoms with Gasteiger partial charge in [-0.25, -0.2) is 9.97 Å². The molecule has 226 valence electrons. The second-order valence-corrected chi connectivity index (χ2v) is 11.5. The maximum absolute atomic E-state index is 14.0. The van der Waals surface area contributed by atoms with Crippen LogP contribution in [0.1, 0.15) is 40.7 Å². The minimum atomic E-state index is -4.70. The topological polar surface area (TPSA) is 126 Å². The van der Waals surface area contributed by atoms with Crippen molar-refractivity contribution in [2.45, 2.75) is 48.9 Å². The van der Waals surface area contributed by atoms with Crippen molar-refractivity contribution in [3.8, 4) is 0 Å². The summed E-state index contributed by atoms with van der Waals surface area (Å²) in [5.41, 5.74) is -0.665. The van der Waals surface area contributed by atoms with E-state index in [0.717, 1.165) is 27.7 Å². The minimum absolute atomic E-state index is 0.126. The number of amidine groups is 1. The van der Waals surface area contributed by atoms with E-state index in [4.69, 9.17) is 4.74 Å².